The van der Waals surface area contributed by atoms with Crippen molar-refractivity contribution in [1.82, 2.24) is 0 Å². The van der Waals surface area contributed by atoms with Gasteiger partial charge in [-0.3, -0.25) is 0 Å². The molecule has 0 radical (unpaired) electrons. The standard InChI is InChI=1S/C16H17ClO2/c1-12-6-2-3-7-14(12)13(10-18)11-19-16-9-5-4-8-15(16)17/h2-9,13,18H,10-11H2,1H3. The second-order valence-electron chi connectivity index (χ2n) is 4.48. The largest absolute Gasteiger partial charge is 0.491 e. The Labute approximate surface area is 118 Å². The molecule has 2 rings (SSSR count). The van der Waals surface area contributed by atoms with Gasteiger partial charge in [0.15, 0.2) is 0 Å². The van der Waals surface area contributed by atoms with E-state index in [-0.39, 0.29) is 12.5 Å². The van der Waals surface area contributed by atoms with E-state index in [1.165, 1.54) is 0 Å². The predicted octanol–water partition coefficient (Wildman–Crippen LogP) is 3.80. The molecule has 0 heterocycles. The van der Waals surface area contributed by atoms with Crippen LogP contribution in [-0.4, -0.2) is 18.3 Å². The highest BCUT2D eigenvalue weighted by Gasteiger charge is 2.14. The van der Waals surface area contributed by atoms with Gasteiger partial charge in [0.25, 0.3) is 0 Å². The van der Waals surface area contributed by atoms with Crippen molar-refractivity contribution in [1.29, 1.82) is 0 Å². The van der Waals surface area contributed by atoms with Crippen LogP contribution in [0.25, 0.3) is 0 Å². The first-order valence-corrected chi connectivity index (χ1v) is 6.64. The minimum absolute atomic E-state index is 0.0440. The molecule has 0 aromatic heterocycles. The lowest BCUT2D eigenvalue weighted by atomic mass is 9.96. The third-order valence-electron chi connectivity index (χ3n) is 3.13. The first-order chi connectivity index (χ1) is 9.22. The molecule has 0 fully saturated rings. The molecule has 100 valence electrons. The minimum atomic E-state index is -0.0440. The lowest BCUT2D eigenvalue weighted by Gasteiger charge is -2.18. The molecular formula is C16H17ClO2. The van der Waals surface area contributed by atoms with Gasteiger partial charge in [-0.15, -0.1) is 0 Å². The van der Waals surface area contributed by atoms with E-state index in [2.05, 4.69) is 0 Å². The maximum atomic E-state index is 9.54. The van der Waals surface area contributed by atoms with Gasteiger partial charge in [0.05, 0.1) is 18.2 Å². The van der Waals surface area contributed by atoms with Crippen molar-refractivity contribution in [3.63, 3.8) is 0 Å². The van der Waals surface area contributed by atoms with Gasteiger partial charge in [0.2, 0.25) is 0 Å². The summed E-state index contributed by atoms with van der Waals surface area (Å²) >= 11 is 6.04. The van der Waals surface area contributed by atoms with E-state index in [4.69, 9.17) is 16.3 Å². The molecule has 1 atom stereocenters. The van der Waals surface area contributed by atoms with Crippen LogP contribution in [0, 0.1) is 6.92 Å². The van der Waals surface area contributed by atoms with Crippen LogP contribution in [-0.2, 0) is 0 Å². The zero-order valence-corrected chi connectivity index (χ0v) is 11.6. The Kier molecular flexibility index (Phi) is 4.83. The number of rotatable bonds is 5. The molecule has 0 saturated heterocycles. The summed E-state index contributed by atoms with van der Waals surface area (Å²) in [6, 6.07) is 15.4. The Bertz CT molecular complexity index is 540. The van der Waals surface area contributed by atoms with Crippen molar-refractivity contribution in [2.75, 3.05) is 13.2 Å². The molecule has 19 heavy (non-hydrogen) atoms. The highest BCUT2D eigenvalue weighted by atomic mass is 35.5. The Morgan fingerprint density at radius 3 is 2.47 bits per heavy atom. The van der Waals surface area contributed by atoms with Crippen LogP contribution in [0.2, 0.25) is 5.02 Å². The molecule has 2 aromatic rings. The van der Waals surface area contributed by atoms with Crippen molar-refractivity contribution < 1.29 is 9.84 Å². The lowest BCUT2D eigenvalue weighted by Crippen LogP contribution is -2.15. The quantitative estimate of drug-likeness (QED) is 0.900. The van der Waals surface area contributed by atoms with Crippen LogP contribution in [0.15, 0.2) is 48.5 Å². The number of halogens is 1. The second kappa shape index (κ2) is 6.60. The number of ether oxygens (including phenoxy) is 1. The molecule has 2 nitrogen and oxygen atoms in total. The van der Waals surface area contributed by atoms with Crippen LogP contribution in [0.3, 0.4) is 0 Å². The Balaban J connectivity index is 2.09. The van der Waals surface area contributed by atoms with Gasteiger partial charge in [-0.2, -0.15) is 0 Å². The molecular weight excluding hydrogens is 260 g/mol. The maximum absolute atomic E-state index is 9.54. The van der Waals surface area contributed by atoms with Gasteiger partial charge in [0.1, 0.15) is 5.75 Å². The van der Waals surface area contributed by atoms with Gasteiger partial charge in [0, 0.05) is 5.92 Å². The summed E-state index contributed by atoms with van der Waals surface area (Å²) in [4.78, 5) is 0. The third-order valence-corrected chi connectivity index (χ3v) is 3.44. The molecule has 0 aliphatic heterocycles. The summed E-state index contributed by atoms with van der Waals surface area (Å²) in [6.07, 6.45) is 0. The van der Waals surface area contributed by atoms with Crippen LogP contribution in [0.4, 0.5) is 0 Å². The zero-order valence-electron chi connectivity index (χ0n) is 10.8. The first-order valence-electron chi connectivity index (χ1n) is 6.26. The number of aliphatic hydroxyl groups excluding tert-OH is 1. The predicted molar refractivity (Wildman–Crippen MR) is 78.0 cm³/mol. The van der Waals surface area contributed by atoms with E-state index in [0.717, 1.165) is 11.1 Å². The van der Waals surface area contributed by atoms with Crippen molar-refractivity contribution in [3.8, 4) is 5.75 Å². The van der Waals surface area contributed by atoms with Crippen LogP contribution < -0.4 is 4.74 Å². The summed E-state index contributed by atoms with van der Waals surface area (Å²) in [5.41, 5.74) is 2.27. The number of aliphatic hydroxyl groups is 1. The highest BCUT2D eigenvalue weighted by Crippen LogP contribution is 2.26. The van der Waals surface area contributed by atoms with Crippen molar-refractivity contribution in [2.45, 2.75) is 12.8 Å². The van der Waals surface area contributed by atoms with Gasteiger partial charge in [-0.25, -0.2) is 0 Å². The molecule has 0 aliphatic rings. The Morgan fingerprint density at radius 1 is 1.11 bits per heavy atom. The average Bonchev–Trinajstić information content (AvgIpc) is 2.43. The lowest BCUT2D eigenvalue weighted by molar-refractivity contribution is 0.205. The number of benzene rings is 2. The summed E-state index contributed by atoms with van der Waals surface area (Å²) in [7, 11) is 0. The van der Waals surface area contributed by atoms with E-state index in [1.807, 2.05) is 49.4 Å². The van der Waals surface area contributed by atoms with Gasteiger partial charge in [-0.05, 0) is 30.2 Å². The molecule has 0 amide bonds. The zero-order chi connectivity index (χ0) is 13.7. The number of aryl methyl sites for hydroxylation is 1. The molecule has 3 heteroatoms. The van der Waals surface area contributed by atoms with E-state index >= 15 is 0 Å². The van der Waals surface area contributed by atoms with Gasteiger partial charge < -0.3 is 9.84 Å². The van der Waals surface area contributed by atoms with Crippen LogP contribution in [0.5, 0.6) is 5.75 Å². The molecule has 0 bridgehead atoms. The molecule has 0 saturated carbocycles. The van der Waals surface area contributed by atoms with E-state index in [9.17, 15) is 5.11 Å². The summed E-state index contributed by atoms with van der Waals surface area (Å²) in [5, 5.41) is 10.1. The average molecular weight is 277 g/mol. The normalized spacial score (nSPS) is 12.2. The minimum Gasteiger partial charge on any atom is -0.491 e. The van der Waals surface area contributed by atoms with Crippen molar-refractivity contribution in [2.24, 2.45) is 0 Å². The maximum Gasteiger partial charge on any atom is 0.137 e. The highest BCUT2D eigenvalue weighted by molar-refractivity contribution is 6.32. The molecule has 0 aliphatic carbocycles. The summed E-state index contributed by atoms with van der Waals surface area (Å²) in [6.45, 7) is 2.49. The van der Waals surface area contributed by atoms with Gasteiger partial charge in [-0.1, -0.05) is 48.0 Å². The van der Waals surface area contributed by atoms with E-state index in [0.29, 0.717) is 17.4 Å². The number of para-hydroxylation sites is 1. The van der Waals surface area contributed by atoms with Crippen LogP contribution >= 0.6 is 11.6 Å². The van der Waals surface area contributed by atoms with E-state index < -0.39 is 0 Å². The second-order valence-corrected chi connectivity index (χ2v) is 4.88. The molecule has 2 aromatic carbocycles. The number of hydrogen-bond acceptors (Lipinski definition) is 2. The molecule has 1 N–H and O–H groups in total. The van der Waals surface area contributed by atoms with Crippen LogP contribution in [0.1, 0.15) is 17.0 Å². The summed E-state index contributed by atoms with van der Waals surface area (Å²) < 4.78 is 5.71. The first kappa shape index (κ1) is 13.9. The Hall–Kier alpha value is -1.51. The SMILES string of the molecule is Cc1ccccc1C(CO)COc1ccccc1Cl. The summed E-state index contributed by atoms with van der Waals surface area (Å²) in [5.74, 6) is 0.605. The molecule has 1 unspecified atom stereocenters. The monoisotopic (exact) mass is 276 g/mol. The third kappa shape index (κ3) is 3.49. The fourth-order valence-electron chi connectivity index (χ4n) is 2.04. The van der Waals surface area contributed by atoms with Crippen molar-refractivity contribution in [3.05, 3.63) is 64.7 Å². The van der Waals surface area contributed by atoms with Gasteiger partial charge >= 0.3 is 0 Å². The van der Waals surface area contributed by atoms with Crippen molar-refractivity contribution >= 4 is 11.6 Å². The van der Waals surface area contributed by atoms with E-state index in [1.54, 1.807) is 6.07 Å². The smallest absolute Gasteiger partial charge is 0.137 e. The fraction of sp³-hybridized carbons (Fsp3) is 0.250. The molecule has 0 spiro atoms. The number of hydrogen-bond donors (Lipinski definition) is 1. The topological polar surface area (TPSA) is 29.5 Å². The Morgan fingerprint density at radius 2 is 1.79 bits per heavy atom. The fourth-order valence-corrected chi connectivity index (χ4v) is 2.23.